The highest BCUT2D eigenvalue weighted by Crippen LogP contribution is 2.41. The summed E-state index contributed by atoms with van der Waals surface area (Å²) in [5.41, 5.74) is 9.77. The Bertz CT molecular complexity index is 2900. The third-order valence-corrected chi connectivity index (χ3v) is 13.5. The molecule has 5 atom stereocenters. The zero-order valence-electron chi connectivity index (χ0n) is 41.9. The Balaban J connectivity index is 1.13. The van der Waals surface area contributed by atoms with Gasteiger partial charge in [0.25, 0.3) is 11.8 Å². The number of cyclic esters (lactones) is 1. The summed E-state index contributed by atoms with van der Waals surface area (Å²) in [6.07, 6.45) is 6.27. The number of fused-ring (bicyclic) bond motifs is 6. The van der Waals surface area contributed by atoms with Crippen molar-refractivity contribution in [1.29, 1.82) is 0 Å². The Hall–Kier alpha value is -7.22. The molecule has 19 nitrogen and oxygen atoms in total. The number of aromatic hydroxyl groups is 1. The maximum absolute atomic E-state index is 14.8. The van der Waals surface area contributed by atoms with E-state index in [1.807, 2.05) is 24.4 Å². The maximum atomic E-state index is 14.8. The molecule has 1 unspecified atom stereocenters. The molecular formula is C53H63N9O10. The number of amides is 4. The van der Waals surface area contributed by atoms with Gasteiger partial charge in [0.1, 0.15) is 41.7 Å². The van der Waals surface area contributed by atoms with Gasteiger partial charge in [0.05, 0.1) is 37.9 Å². The molecule has 2 fully saturated rings. The van der Waals surface area contributed by atoms with Crippen LogP contribution in [0.5, 0.6) is 5.75 Å². The lowest BCUT2D eigenvalue weighted by Gasteiger charge is -2.36. The number of rotatable bonds is 12. The number of nitrogens with zero attached hydrogens (tertiary/aromatic N) is 5. The van der Waals surface area contributed by atoms with Crippen LogP contribution >= 0.6 is 0 Å². The summed E-state index contributed by atoms with van der Waals surface area (Å²) in [5.74, 6) is -3.76. The molecule has 2 saturated heterocycles. The van der Waals surface area contributed by atoms with Crippen molar-refractivity contribution < 1.29 is 48.1 Å². The number of hydrogen-bond donors (Lipinski definition) is 5. The fourth-order valence-electron chi connectivity index (χ4n) is 9.93. The minimum Gasteiger partial charge on any atom is -0.508 e. The van der Waals surface area contributed by atoms with Crippen molar-refractivity contribution >= 4 is 52.2 Å². The second kappa shape index (κ2) is 21.2. The van der Waals surface area contributed by atoms with Crippen molar-refractivity contribution in [2.75, 3.05) is 39.7 Å². The van der Waals surface area contributed by atoms with Gasteiger partial charge in [-0.2, -0.15) is 0 Å². The van der Waals surface area contributed by atoms with Gasteiger partial charge in [-0.1, -0.05) is 39.8 Å². The first-order chi connectivity index (χ1) is 34.4. The molecule has 72 heavy (non-hydrogen) atoms. The number of aryl methyl sites for hydroxylation is 1. The first-order valence-electron chi connectivity index (χ1n) is 24.2. The Morgan fingerprint density at radius 1 is 1.01 bits per heavy atom. The first-order valence-corrected chi connectivity index (χ1v) is 24.2. The standard InChI is InChI=1S/C53H63N9O10/c1-9-61-42-15-12-31-23-36(42)37(46(61)38-26-54-17-16-32(38)27-70-7)24-53(4,5)28-72-51(68)40-11-10-18-62(59-40)50(67)41(21-30-19-33(31)22-35(63)20-30)57-48(65)45(29(2)3)60(6)49(66)39-14-13-34(25-55-39)56-47(64)43-44(58-43)52(69)71-8/h12-17,19-20,22-23,25-26,29,40-41,43-45,58-59,63H,9-11,18,21,24,27-28H2,1-8H3,(H,56,64)(H,57,65)/t40-,41-,43-,44-,45?/m0/s1. The number of carbonyl (C=O) groups is 6. The number of ether oxygens (including phenoxy) is 3. The third-order valence-electron chi connectivity index (χ3n) is 13.5. The number of phenolic OH excluding ortho intramolecular Hbond substituents is 1. The SMILES string of the molecule is CCn1c(-c2cnccc2COC)c2c3cc(ccc31)-c1cc(O)cc(c1)C[C@H](NC(=O)C(C(C)C)N(C)C(=O)c1ccc(NC(=O)[C@H]3N[C@@H]3C(=O)OC)cn1)C(=O)N1CCC[C@H](N1)C(=O)OCC(C)(C)C2. The third kappa shape index (κ3) is 10.8. The number of hydrogen-bond acceptors (Lipinski definition) is 14. The lowest BCUT2D eigenvalue weighted by Crippen LogP contribution is -2.62. The molecule has 0 spiro atoms. The van der Waals surface area contributed by atoms with E-state index in [0.717, 1.165) is 38.9 Å². The first kappa shape index (κ1) is 51.1. The van der Waals surface area contributed by atoms with E-state index < -0.39 is 77.1 Å². The van der Waals surface area contributed by atoms with E-state index in [-0.39, 0.29) is 36.7 Å². The summed E-state index contributed by atoms with van der Waals surface area (Å²) in [5, 5.41) is 22.0. The van der Waals surface area contributed by atoms with E-state index in [0.29, 0.717) is 43.5 Å². The highest BCUT2D eigenvalue weighted by molar-refractivity contribution is 6.03. The van der Waals surface area contributed by atoms with Gasteiger partial charge in [-0.3, -0.25) is 44.1 Å². The fourth-order valence-corrected chi connectivity index (χ4v) is 9.93. The number of carbonyl (C=O) groups excluding carboxylic acids is 6. The molecule has 3 aromatic heterocycles. The van der Waals surface area contributed by atoms with Crippen molar-refractivity contribution in [3.05, 3.63) is 95.6 Å². The van der Waals surface area contributed by atoms with Gasteiger partial charge < -0.3 is 39.4 Å². The minimum absolute atomic E-state index is 0.00921. The van der Waals surface area contributed by atoms with Crippen molar-refractivity contribution in [3.8, 4) is 28.1 Å². The predicted molar refractivity (Wildman–Crippen MR) is 267 cm³/mol. The van der Waals surface area contributed by atoms with E-state index in [9.17, 15) is 33.9 Å². The average Bonchev–Trinajstić information content (AvgIpc) is 4.12. The molecule has 19 heteroatoms. The maximum Gasteiger partial charge on any atom is 0.325 e. The van der Waals surface area contributed by atoms with Gasteiger partial charge in [0, 0.05) is 67.9 Å². The highest BCUT2D eigenvalue weighted by Gasteiger charge is 2.48. The van der Waals surface area contributed by atoms with Crippen LogP contribution in [0.2, 0.25) is 0 Å². The van der Waals surface area contributed by atoms with E-state index in [2.05, 4.69) is 73.6 Å². The van der Waals surface area contributed by atoms with E-state index in [4.69, 9.17) is 9.47 Å². The lowest BCUT2D eigenvalue weighted by molar-refractivity contribution is -0.155. The summed E-state index contributed by atoms with van der Waals surface area (Å²) >= 11 is 0. The monoisotopic (exact) mass is 985 g/mol. The number of phenols is 1. The number of likely N-dealkylation sites (N-methyl/N-ethyl adjacent to an activating group) is 1. The van der Waals surface area contributed by atoms with Gasteiger partial charge in [0.15, 0.2) is 0 Å². The summed E-state index contributed by atoms with van der Waals surface area (Å²) in [6.45, 7) is 11.1. The number of esters is 2. The number of aromatic nitrogens is 3. The van der Waals surface area contributed by atoms with Gasteiger partial charge in [0.2, 0.25) is 11.8 Å². The minimum atomic E-state index is -1.23. The number of pyridine rings is 2. The van der Waals surface area contributed by atoms with E-state index >= 15 is 0 Å². The Morgan fingerprint density at radius 3 is 2.51 bits per heavy atom. The molecule has 0 aliphatic carbocycles. The van der Waals surface area contributed by atoms with Gasteiger partial charge >= 0.3 is 11.9 Å². The molecule has 3 aliphatic heterocycles. The molecule has 380 valence electrons. The van der Waals surface area contributed by atoms with Gasteiger partial charge in [-0.25, -0.2) is 10.4 Å². The number of methoxy groups -OCH3 is 2. The van der Waals surface area contributed by atoms with Crippen LogP contribution in [0.15, 0.2) is 73.2 Å². The molecule has 5 N–H and O–H groups in total. The molecule has 5 aromatic rings. The smallest absolute Gasteiger partial charge is 0.325 e. The van der Waals surface area contributed by atoms with Crippen molar-refractivity contribution in [2.45, 2.75) is 104 Å². The predicted octanol–water partition coefficient (Wildman–Crippen LogP) is 4.53. The zero-order valence-corrected chi connectivity index (χ0v) is 41.9. The Labute approximate surface area is 418 Å². The Morgan fingerprint density at radius 2 is 1.81 bits per heavy atom. The summed E-state index contributed by atoms with van der Waals surface area (Å²) in [7, 11) is 4.37. The molecule has 3 aliphatic rings. The Kier molecular flexibility index (Phi) is 15.1. The van der Waals surface area contributed by atoms with Crippen molar-refractivity contribution in [1.82, 2.24) is 40.5 Å². The van der Waals surface area contributed by atoms with Crippen LogP contribution in [0.4, 0.5) is 5.69 Å². The summed E-state index contributed by atoms with van der Waals surface area (Å²) < 4.78 is 18.7. The molecule has 8 rings (SSSR count). The van der Waals surface area contributed by atoms with Crippen LogP contribution in [0, 0.1) is 11.3 Å². The number of anilines is 1. The summed E-state index contributed by atoms with van der Waals surface area (Å²) in [6, 6.07) is 11.5. The van der Waals surface area contributed by atoms with Crippen LogP contribution in [0.3, 0.4) is 0 Å². The zero-order chi connectivity index (χ0) is 51.6. The highest BCUT2D eigenvalue weighted by atomic mass is 16.5. The van der Waals surface area contributed by atoms with E-state index in [1.165, 1.54) is 42.4 Å². The van der Waals surface area contributed by atoms with Crippen LogP contribution in [0.25, 0.3) is 33.3 Å². The number of hydrazine groups is 1. The second-order valence-corrected chi connectivity index (χ2v) is 19.9. The quantitative estimate of drug-likeness (QED) is 0.0852. The normalized spacial score (nSPS) is 20.3. The molecular weight excluding hydrogens is 923 g/mol. The largest absolute Gasteiger partial charge is 0.508 e. The topological polar surface area (TPSA) is 246 Å². The van der Waals surface area contributed by atoms with Crippen molar-refractivity contribution in [3.63, 3.8) is 0 Å². The average molecular weight is 986 g/mol. The van der Waals surface area contributed by atoms with Crippen LogP contribution < -0.4 is 21.4 Å². The van der Waals surface area contributed by atoms with E-state index in [1.54, 1.807) is 39.3 Å². The number of benzene rings is 2. The van der Waals surface area contributed by atoms with Crippen LogP contribution in [-0.2, 0) is 64.2 Å². The van der Waals surface area contributed by atoms with Gasteiger partial charge in [-0.05, 0) is 102 Å². The molecule has 4 amide bonds. The number of nitrogens with one attached hydrogen (secondary N) is 4. The molecule has 6 heterocycles. The fraction of sp³-hybridized carbons (Fsp3) is 0.434. The molecule has 6 bridgehead atoms. The lowest BCUT2D eigenvalue weighted by atomic mass is 9.84. The van der Waals surface area contributed by atoms with Crippen molar-refractivity contribution in [2.24, 2.45) is 11.3 Å². The molecule has 0 radical (unpaired) electrons. The molecule has 2 aromatic carbocycles. The van der Waals surface area contributed by atoms with Gasteiger partial charge in [-0.15, -0.1) is 0 Å². The second-order valence-electron chi connectivity index (χ2n) is 19.9. The molecule has 0 saturated carbocycles. The van der Waals surface area contributed by atoms with Crippen LogP contribution in [-0.4, -0.2) is 130 Å². The summed E-state index contributed by atoms with van der Waals surface area (Å²) in [4.78, 5) is 91.8. The van der Waals surface area contributed by atoms with Crippen LogP contribution in [0.1, 0.15) is 74.6 Å².